The van der Waals surface area contributed by atoms with Gasteiger partial charge in [-0.05, 0) is 30.3 Å². The highest BCUT2D eigenvalue weighted by Crippen LogP contribution is 2.34. The lowest BCUT2D eigenvalue weighted by atomic mass is 10.1. The van der Waals surface area contributed by atoms with Gasteiger partial charge in [0.05, 0.1) is 22.3 Å². The molecule has 0 aliphatic carbocycles. The van der Waals surface area contributed by atoms with Crippen LogP contribution in [-0.2, 0) is 6.18 Å². The number of halogens is 4. The molecule has 0 unspecified atom stereocenters. The Bertz CT molecular complexity index is 880. The van der Waals surface area contributed by atoms with Gasteiger partial charge in [-0.15, -0.1) is 0 Å². The highest BCUT2D eigenvalue weighted by molar-refractivity contribution is 6.31. The van der Waals surface area contributed by atoms with Crippen LogP contribution in [0.15, 0.2) is 47.3 Å². The number of rotatable bonds is 1. The number of aromatic amines is 1. The molecule has 0 aliphatic heterocycles. The molecule has 0 bridgehead atoms. The van der Waals surface area contributed by atoms with Crippen molar-refractivity contribution in [3.05, 3.63) is 63.5 Å². The van der Waals surface area contributed by atoms with Crippen LogP contribution in [0, 0.1) is 0 Å². The van der Waals surface area contributed by atoms with E-state index in [0.717, 1.165) is 10.6 Å². The van der Waals surface area contributed by atoms with Gasteiger partial charge in [-0.3, -0.25) is 4.57 Å². The topological polar surface area (TPSA) is 37.8 Å². The average Bonchev–Trinajstić information content (AvgIpc) is 2.72. The number of hydrogen-bond donors (Lipinski definition) is 1. The number of hydrogen-bond acceptors (Lipinski definition) is 1. The summed E-state index contributed by atoms with van der Waals surface area (Å²) in [5.74, 6) is 0. The van der Waals surface area contributed by atoms with Crippen LogP contribution in [0.4, 0.5) is 13.2 Å². The lowest BCUT2D eigenvalue weighted by Crippen LogP contribution is -2.19. The zero-order valence-corrected chi connectivity index (χ0v) is 11.2. The molecule has 0 amide bonds. The molecular weight excluding hydrogens is 305 g/mol. The van der Waals surface area contributed by atoms with Crippen molar-refractivity contribution in [2.45, 2.75) is 6.18 Å². The van der Waals surface area contributed by atoms with E-state index < -0.39 is 17.4 Å². The lowest BCUT2D eigenvalue weighted by molar-refractivity contribution is -0.137. The third-order valence-electron chi connectivity index (χ3n) is 3.09. The standard InChI is InChI=1S/C14H8ClF3N2O/c15-8-5-6-12-10(7-8)19-13(21)20(12)11-4-2-1-3-9(11)14(16,17)18/h1-7H,(H,19,21). The van der Waals surface area contributed by atoms with E-state index in [1.807, 2.05) is 0 Å². The van der Waals surface area contributed by atoms with Crippen LogP contribution in [0.5, 0.6) is 0 Å². The molecule has 0 radical (unpaired) electrons. The Morgan fingerprint density at radius 1 is 1.10 bits per heavy atom. The molecule has 0 fully saturated rings. The van der Waals surface area contributed by atoms with Crippen molar-refractivity contribution in [3.63, 3.8) is 0 Å². The number of fused-ring (bicyclic) bond motifs is 1. The maximum atomic E-state index is 13.1. The molecule has 108 valence electrons. The molecular formula is C14H8ClF3N2O. The summed E-state index contributed by atoms with van der Waals surface area (Å²) in [5, 5.41) is 0.389. The van der Waals surface area contributed by atoms with Gasteiger partial charge in [0, 0.05) is 5.02 Å². The first kappa shape index (κ1) is 13.8. The molecule has 3 nitrogen and oxygen atoms in total. The van der Waals surface area contributed by atoms with E-state index in [9.17, 15) is 18.0 Å². The Kier molecular flexibility index (Phi) is 3.06. The van der Waals surface area contributed by atoms with Crippen molar-refractivity contribution in [2.75, 3.05) is 0 Å². The van der Waals surface area contributed by atoms with Crippen molar-refractivity contribution in [1.82, 2.24) is 9.55 Å². The monoisotopic (exact) mass is 312 g/mol. The highest BCUT2D eigenvalue weighted by atomic mass is 35.5. The van der Waals surface area contributed by atoms with Crippen LogP contribution >= 0.6 is 11.6 Å². The molecule has 3 aromatic rings. The van der Waals surface area contributed by atoms with Gasteiger partial charge in [0.15, 0.2) is 0 Å². The quantitative estimate of drug-likeness (QED) is 0.725. The predicted molar refractivity (Wildman–Crippen MR) is 73.9 cm³/mol. The van der Waals surface area contributed by atoms with Gasteiger partial charge in [-0.25, -0.2) is 4.79 Å². The minimum absolute atomic E-state index is 0.219. The predicted octanol–water partition coefficient (Wildman–Crippen LogP) is 3.99. The molecule has 0 saturated heterocycles. The van der Waals surface area contributed by atoms with E-state index in [-0.39, 0.29) is 5.69 Å². The second kappa shape index (κ2) is 4.66. The van der Waals surface area contributed by atoms with E-state index in [1.54, 1.807) is 0 Å². The molecule has 0 spiro atoms. The maximum absolute atomic E-state index is 13.1. The summed E-state index contributed by atoms with van der Waals surface area (Å²) in [6.07, 6.45) is -4.55. The lowest BCUT2D eigenvalue weighted by Gasteiger charge is -2.13. The number of imidazole rings is 1. The first-order valence-corrected chi connectivity index (χ1v) is 6.32. The number of benzene rings is 2. The number of para-hydroxylation sites is 1. The fraction of sp³-hybridized carbons (Fsp3) is 0.0714. The van der Waals surface area contributed by atoms with Crippen molar-refractivity contribution in [2.24, 2.45) is 0 Å². The Labute approximate surface area is 121 Å². The van der Waals surface area contributed by atoms with Gasteiger partial charge in [0.2, 0.25) is 0 Å². The van der Waals surface area contributed by atoms with Gasteiger partial charge >= 0.3 is 11.9 Å². The SMILES string of the molecule is O=c1[nH]c2cc(Cl)ccc2n1-c1ccccc1C(F)(F)F. The molecule has 0 aliphatic rings. The van der Waals surface area contributed by atoms with Crippen molar-refractivity contribution >= 4 is 22.6 Å². The van der Waals surface area contributed by atoms with E-state index in [4.69, 9.17) is 11.6 Å². The van der Waals surface area contributed by atoms with Crippen LogP contribution in [0.25, 0.3) is 16.7 Å². The van der Waals surface area contributed by atoms with Gasteiger partial charge in [0.1, 0.15) is 0 Å². The van der Waals surface area contributed by atoms with E-state index in [2.05, 4.69) is 4.98 Å². The molecule has 0 atom stereocenters. The van der Waals surface area contributed by atoms with Crippen LogP contribution < -0.4 is 5.69 Å². The largest absolute Gasteiger partial charge is 0.418 e. The summed E-state index contributed by atoms with van der Waals surface area (Å²) in [7, 11) is 0. The van der Waals surface area contributed by atoms with Crippen LogP contribution in [0.2, 0.25) is 5.02 Å². The van der Waals surface area contributed by atoms with Gasteiger partial charge in [0.25, 0.3) is 0 Å². The zero-order chi connectivity index (χ0) is 15.2. The van der Waals surface area contributed by atoms with Crippen LogP contribution in [-0.4, -0.2) is 9.55 Å². The third-order valence-corrected chi connectivity index (χ3v) is 3.33. The van der Waals surface area contributed by atoms with Gasteiger partial charge in [-0.2, -0.15) is 13.2 Å². The van der Waals surface area contributed by atoms with E-state index >= 15 is 0 Å². The summed E-state index contributed by atoms with van der Waals surface area (Å²) in [6.45, 7) is 0. The van der Waals surface area contributed by atoms with Crippen molar-refractivity contribution < 1.29 is 13.2 Å². The van der Waals surface area contributed by atoms with Crippen LogP contribution in [0.3, 0.4) is 0 Å². The van der Waals surface area contributed by atoms with Crippen LogP contribution in [0.1, 0.15) is 5.56 Å². The fourth-order valence-corrected chi connectivity index (χ4v) is 2.40. The number of alkyl halides is 3. The Hall–Kier alpha value is -2.21. The molecule has 3 rings (SSSR count). The minimum atomic E-state index is -4.55. The molecule has 1 N–H and O–H groups in total. The number of aromatic nitrogens is 2. The summed E-state index contributed by atoms with van der Waals surface area (Å²) >= 11 is 5.82. The van der Waals surface area contributed by atoms with Gasteiger partial charge in [-0.1, -0.05) is 23.7 Å². The maximum Gasteiger partial charge on any atom is 0.418 e. The molecule has 1 aromatic heterocycles. The average molecular weight is 313 g/mol. The molecule has 7 heteroatoms. The Morgan fingerprint density at radius 3 is 2.52 bits per heavy atom. The number of nitrogens with zero attached hydrogens (tertiary/aromatic N) is 1. The molecule has 2 aromatic carbocycles. The summed E-state index contributed by atoms with van der Waals surface area (Å²) in [4.78, 5) is 14.5. The van der Waals surface area contributed by atoms with Crippen molar-refractivity contribution in [3.8, 4) is 5.69 Å². The molecule has 1 heterocycles. The minimum Gasteiger partial charge on any atom is -0.305 e. The molecule has 0 saturated carbocycles. The summed E-state index contributed by atoms with van der Waals surface area (Å²) in [5.41, 5.74) is -1.03. The third kappa shape index (κ3) is 2.31. The van der Waals surface area contributed by atoms with E-state index in [0.29, 0.717) is 16.1 Å². The number of nitrogens with one attached hydrogen (secondary N) is 1. The van der Waals surface area contributed by atoms with Gasteiger partial charge < -0.3 is 4.98 Å². The fourth-order valence-electron chi connectivity index (χ4n) is 2.23. The normalized spacial score (nSPS) is 12.0. The first-order valence-electron chi connectivity index (χ1n) is 5.95. The smallest absolute Gasteiger partial charge is 0.305 e. The van der Waals surface area contributed by atoms with E-state index in [1.165, 1.54) is 36.4 Å². The zero-order valence-electron chi connectivity index (χ0n) is 10.4. The highest BCUT2D eigenvalue weighted by Gasteiger charge is 2.34. The molecule has 21 heavy (non-hydrogen) atoms. The van der Waals surface area contributed by atoms with Crippen molar-refractivity contribution in [1.29, 1.82) is 0 Å². The second-order valence-electron chi connectivity index (χ2n) is 4.44. The number of H-pyrrole nitrogens is 1. The Balaban J connectivity index is 2.37. The second-order valence-corrected chi connectivity index (χ2v) is 4.88. The first-order chi connectivity index (χ1) is 9.88. The Morgan fingerprint density at radius 2 is 1.81 bits per heavy atom. The summed E-state index contributed by atoms with van der Waals surface area (Å²) in [6, 6.07) is 9.44. The summed E-state index contributed by atoms with van der Waals surface area (Å²) < 4.78 is 40.3.